The Balaban J connectivity index is 1.30. The summed E-state index contributed by atoms with van der Waals surface area (Å²) in [7, 11) is 0. The molecule has 1 heterocycles. The van der Waals surface area contributed by atoms with E-state index in [1.807, 2.05) is 20.8 Å². The molecule has 5 unspecified atom stereocenters. The molecule has 5 aliphatic rings. The zero-order valence-electron chi connectivity index (χ0n) is 25.9. The van der Waals surface area contributed by atoms with Crippen LogP contribution in [0.15, 0.2) is 0 Å². The molecule has 0 aromatic heterocycles. The van der Waals surface area contributed by atoms with Gasteiger partial charge in [-0.1, -0.05) is 34.6 Å². The summed E-state index contributed by atoms with van der Waals surface area (Å²) in [5, 5.41) is 86.6. The molecule has 0 aromatic rings. The molecule has 42 heavy (non-hydrogen) atoms. The number of fused-ring (bicyclic) bond motifs is 5. The van der Waals surface area contributed by atoms with Gasteiger partial charge in [-0.2, -0.15) is 0 Å². The largest absolute Gasteiger partial charge is 0.394 e. The highest BCUT2D eigenvalue weighted by Gasteiger charge is 2.71. The van der Waals surface area contributed by atoms with Crippen LogP contribution in [0.4, 0.5) is 0 Å². The van der Waals surface area contributed by atoms with Gasteiger partial charge in [0.05, 0.1) is 42.7 Å². The average Bonchev–Trinajstić information content (AvgIpc) is 3.35. The lowest BCUT2D eigenvalue weighted by Gasteiger charge is -2.66. The van der Waals surface area contributed by atoms with E-state index in [-0.39, 0.29) is 41.6 Å². The molecule has 10 heteroatoms. The maximum Gasteiger partial charge on any atom is 0.186 e. The Morgan fingerprint density at radius 1 is 0.833 bits per heavy atom. The lowest BCUT2D eigenvalue weighted by Crippen LogP contribution is -2.70. The molecular weight excluding hydrogens is 544 g/mol. The van der Waals surface area contributed by atoms with Gasteiger partial charge in [-0.3, -0.25) is 0 Å². The van der Waals surface area contributed by atoms with Crippen LogP contribution >= 0.6 is 0 Å². The smallest absolute Gasteiger partial charge is 0.186 e. The zero-order valence-corrected chi connectivity index (χ0v) is 25.9. The molecule has 0 spiro atoms. The van der Waals surface area contributed by atoms with Crippen molar-refractivity contribution >= 4 is 0 Å². The van der Waals surface area contributed by atoms with Gasteiger partial charge in [-0.25, -0.2) is 0 Å². The van der Waals surface area contributed by atoms with Crippen molar-refractivity contribution in [1.82, 2.24) is 0 Å². The molecule has 4 saturated carbocycles. The van der Waals surface area contributed by atoms with Crippen LogP contribution < -0.4 is 0 Å². The van der Waals surface area contributed by atoms with Crippen molar-refractivity contribution in [2.24, 2.45) is 46.3 Å². The summed E-state index contributed by atoms with van der Waals surface area (Å²) in [5.74, 6) is -0.623. The Morgan fingerprint density at radius 2 is 1.50 bits per heavy atom. The van der Waals surface area contributed by atoms with E-state index < -0.39 is 78.5 Å². The lowest BCUT2D eigenvalue weighted by molar-refractivity contribution is -0.280. The van der Waals surface area contributed by atoms with Crippen LogP contribution in [-0.2, 0) is 9.47 Å². The molecule has 0 amide bonds. The van der Waals surface area contributed by atoms with Crippen LogP contribution in [0.3, 0.4) is 0 Å². The zero-order chi connectivity index (χ0) is 30.9. The summed E-state index contributed by atoms with van der Waals surface area (Å²) in [4.78, 5) is 0. The maximum absolute atomic E-state index is 12.5. The van der Waals surface area contributed by atoms with Crippen LogP contribution in [0.2, 0.25) is 0 Å². The van der Waals surface area contributed by atoms with Crippen LogP contribution in [-0.4, -0.2) is 108 Å². The van der Waals surface area contributed by atoms with E-state index in [1.54, 1.807) is 0 Å². The Hall–Kier alpha value is -0.400. The molecule has 10 nitrogen and oxygen atoms in total. The highest BCUT2D eigenvalue weighted by Crippen LogP contribution is 2.69. The third kappa shape index (κ3) is 5.10. The summed E-state index contributed by atoms with van der Waals surface area (Å²) in [6.45, 7) is 10.1. The van der Waals surface area contributed by atoms with Crippen molar-refractivity contribution in [2.75, 3.05) is 6.61 Å². The molecule has 244 valence electrons. The topological polar surface area (TPSA) is 180 Å². The maximum atomic E-state index is 12.5. The fraction of sp³-hybridized carbons (Fsp3) is 1.00. The van der Waals surface area contributed by atoms with Gasteiger partial charge in [0.25, 0.3) is 0 Å². The van der Waals surface area contributed by atoms with E-state index in [2.05, 4.69) is 13.8 Å². The monoisotopic (exact) mass is 600 g/mol. The Kier molecular flexibility index (Phi) is 9.23. The van der Waals surface area contributed by atoms with Gasteiger partial charge in [0.15, 0.2) is 6.29 Å². The second-order valence-electron chi connectivity index (χ2n) is 15.6. The number of aliphatic hydroxyl groups excluding tert-OH is 7. The molecule has 8 N–H and O–H groups in total. The molecule has 0 aromatic carbocycles. The second-order valence-corrected chi connectivity index (χ2v) is 15.6. The second kappa shape index (κ2) is 11.8. The van der Waals surface area contributed by atoms with E-state index in [1.165, 1.54) is 0 Å². The molecule has 1 saturated heterocycles. The number of rotatable bonds is 8. The number of ether oxygens (including phenoxy) is 2. The van der Waals surface area contributed by atoms with Crippen molar-refractivity contribution in [3.05, 3.63) is 0 Å². The lowest BCUT2D eigenvalue weighted by atomic mass is 9.41. The van der Waals surface area contributed by atoms with Gasteiger partial charge in [-0.15, -0.1) is 0 Å². The first kappa shape index (κ1) is 33.0. The fourth-order valence-electron chi connectivity index (χ4n) is 10.9. The van der Waals surface area contributed by atoms with Crippen molar-refractivity contribution < 1.29 is 50.3 Å². The Labute approximate surface area is 250 Å². The molecule has 5 fully saturated rings. The van der Waals surface area contributed by atoms with Crippen LogP contribution in [0.1, 0.15) is 86.0 Å². The van der Waals surface area contributed by atoms with Gasteiger partial charge in [0, 0.05) is 18.3 Å². The minimum Gasteiger partial charge on any atom is -0.394 e. The van der Waals surface area contributed by atoms with Gasteiger partial charge in [0.1, 0.15) is 18.3 Å². The Morgan fingerprint density at radius 3 is 2.12 bits per heavy atom. The summed E-state index contributed by atoms with van der Waals surface area (Å²) in [6, 6.07) is 0. The highest BCUT2D eigenvalue weighted by molar-refractivity contribution is 5.21. The normalized spacial score (nSPS) is 53.9. The van der Waals surface area contributed by atoms with Gasteiger partial charge < -0.3 is 50.3 Å². The number of hydrogen-bond acceptors (Lipinski definition) is 10. The summed E-state index contributed by atoms with van der Waals surface area (Å²) >= 11 is 0. The van der Waals surface area contributed by atoms with E-state index in [0.717, 1.165) is 19.3 Å². The number of hydrogen-bond donors (Lipinski definition) is 8. The SMILES string of the molecule is CC(C)C(CCC(C)[C@H]1C[C@@H](O)C2[C@]3(O)C[C@H](O)C4[C@@H](O)[C@@H](O)CC[C@]4(C)C3CC[C@@]21C)O[C@@H]1O[C@@H](CO)[C@H](O)[C@H]1O. The third-order valence-corrected chi connectivity index (χ3v) is 12.9. The summed E-state index contributed by atoms with van der Waals surface area (Å²) in [5.41, 5.74) is -2.14. The standard InChI is InChI=1S/C32H56O10/c1-15(2)21(41-29-27(39)26(38)22(14-33)42-29)7-6-16(3)17-12-19(35)28-30(17,4)11-9-23-31(5)10-8-18(34)25(37)24(31)20(36)13-32(23,28)40/h15-29,33-40H,6-14H2,1-5H3/t16?,17-,18+,19-,20+,21?,22+,23?,24?,25+,26+,27-,28?,29-,30-,31-,32+/m1/s1. The van der Waals surface area contributed by atoms with Crippen LogP contribution in [0.5, 0.6) is 0 Å². The molecule has 1 aliphatic heterocycles. The van der Waals surface area contributed by atoms with Crippen LogP contribution in [0.25, 0.3) is 0 Å². The van der Waals surface area contributed by atoms with Gasteiger partial charge >= 0.3 is 0 Å². The van der Waals surface area contributed by atoms with Gasteiger partial charge in [-0.05, 0) is 79.4 Å². The molecule has 0 bridgehead atoms. The number of aliphatic hydroxyl groups is 8. The van der Waals surface area contributed by atoms with E-state index in [4.69, 9.17) is 9.47 Å². The predicted octanol–water partition coefficient (Wildman–Crippen LogP) is 0.930. The van der Waals surface area contributed by atoms with E-state index in [0.29, 0.717) is 25.7 Å². The van der Waals surface area contributed by atoms with Crippen molar-refractivity contribution in [3.8, 4) is 0 Å². The summed E-state index contributed by atoms with van der Waals surface area (Å²) in [6.07, 6.45) is -3.39. The first-order valence-corrected chi connectivity index (χ1v) is 16.3. The first-order valence-electron chi connectivity index (χ1n) is 16.3. The first-order chi connectivity index (χ1) is 19.6. The quantitative estimate of drug-likeness (QED) is 0.200. The Bertz CT molecular complexity index is 950. The van der Waals surface area contributed by atoms with Crippen LogP contribution in [0, 0.1) is 46.3 Å². The van der Waals surface area contributed by atoms with E-state index >= 15 is 0 Å². The minimum absolute atomic E-state index is 0.0911. The molecule has 5 rings (SSSR count). The van der Waals surface area contributed by atoms with Crippen molar-refractivity contribution in [3.63, 3.8) is 0 Å². The van der Waals surface area contributed by atoms with Crippen molar-refractivity contribution in [1.29, 1.82) is 0 Å². The van der Waals surface area contributed by atoms with Crippen molar-refractivity contribution in [2.45, 2.75) is 147 Å². The molecule has 4 aliphatic carbocycles. The highest BCUT2D eigenvalue weighted by atomic mass is 16.7. The summed E-state index contributed by atoms with van der Waals surface area (Å²) < 4.78 is 11.7. The fourth-order valence-corrected chi connectivity index (χ4v) is 10.9. The van der Waals surface area contributed by atoms with Gasteiger partial charge in [0.2, 0.25) is 0 Å². The molecule has 17 atom stereocenters. The molecule has 0 radical (unpaired) electrons. The molecular formula is C32H56O10. The third-order valence-electron chi connectivity index (χ3n) is 12.9. The van der Waals surface area contributed by atoms with E-state index in [9.17, 15) is 40.9 Å². The predicted molar refractivity (Wildman–Crippen MR) is 153 cm³/mol. The minimum atomic E-state index is -1.27. The average molecular weight is 601 g/mol.